The van der Waals surface area contributed by atoms with Gasteiger partial charge in [0.1, 0.15) is 17.1 Å². The minimum Gasteiger partial charge on any atom is -0.448 e. The molecule has 0 aliphatic heterocycles. The van der Waals surface area contributed by atoms with E-state index in [4.69, 9.17) is 44.9 Å². The lowest BCUT2D eigenvalue weighted by atomic mass is 10.0. The van der Waals surface area contributed by atoms with Gasteiger partial charge in [0.05, 0.1) is 22.7 Å². The third kappa shape index (κ3) is 2.24. The Balaban J connectivity index is 2.71. The van der Waals surface area contributed by atoms with Gasteiger partial charge in [0.2, 0.25) is 0 Å². The molecule has 8 heteroatoms. The second-order valence-corrected chi connectivity index (χ2v) is 5.53. The predicted molar refractivity (Wildman–Crippen MR) is 98.1 cm³/mol. The highest BCUT2D eigenvalue weighted by atomic mass is 16.5. The number of nitrogen functional groups attached to an aromatic ring is 7. The fourth-order valence-electron chi connectivity index (χ4n) is 2.30. The first kappa shape index (κ1) is 16.2. The van der Waals surface area contributed by atoms with Crippen molar-refractivity contribution in [3.8, 4) is 11.5 Å². The van der Waals surface area contributed by atoms with Crippen molar-refractivity contribution in [2.45, 2.75) is 20.8 Å². The Bertz CT molecular complexity index is 689. The van der Waals surface area contributed by atoms with E-state index in [1.54, 1.807) is 6.92 Å². The van der Waals surface area contributed by atoms with E-state index in [1.165, 1.54) is 0 Å². The molecule has 0 radical (unpaired) electrons. The fourth-order valence-corrected chi connectivity index (χ4v) is 2.30. The summed E-state index contributed by atoms with van der Waals surface area (Å²) in [6.45, 7) is 5.36. The van der Waals surface area contributed by atoms with E-state index >= 15 is 0 Å². The average molecular weight is 317 g/mol. The molecule has 0 aromatic heterocycles. The summed E-state index contributed by atoms with van der Waals surface area (Å²) in [5.74, 6) is 0.304. The average Bonchev–Trinajstić information content (AvgIpc) is 2.54. The first-order chi connectivity index (χ1) is 10.6. The van der Waals surface area contributed by atoms with E-state index in [9.17, 15) is 0 Å². The van der Waals surface area contributed by atoms with Gasteiger partial charge in [0.15, 0.2) is 11.5 Å². The Kier molecular flexibility index (Phi) is 3.69. The Labute approximate surface area is 134 Å². The molecule has 0 spiro atoms. The highest BCUT2D eigenvalue weighted by Crippen LogP contribution is 2.48. The van der Waals surface area contributed by atoms with Gasteiger partial charge in [-0.2, -0.15) is 0 Å². The molecule has 2 aromatic rings. The van der Waals surface area contributed by atoms with Crippen LogP contribution in [-0.2, 0) is 0 Å². The normalized spacial score (nSPS) is 10.7. The van der Waals surface area contributed by atoms with Crippen LogP contribution in [0.4, 0.5) is 39.8 Å². The number of anilines is 7. The number of nitrogens with two attached hydrogens (primary N) is 7. The summed E-state index contributed by atoms with van der Waals surface area (Å²) in [6.07, 6.45) is 0. The standard InChI is InChI=1S/C15H23N7O/c1-4-5(2)10(19)14(11(20)7(4)16)23-15-12(21)8(17)6(3)9(18)13(15)22/h16-22H2,1-3H3. The number of benzene rings is 2. The lowest BCUT2D eigenvalue weighted by molar-refractivity contribution is 0.492. The topological polar surface area (TPSA) is 191 Å². The van der Waals surface area contributed by atoms with Gasteiger partial charge in [-0.3, -0.25) is 0 Å². The SMILES string of the molecule is Cc1c(C)c(N)c(Oc2c(N)c(N)c(C)c(N)c2N)c(N)c1N. The van der Waals surface area contributed by atoms with Gasteiger partial charge < -0.3 is 44.9 Å². The minimum atomic E-state index is 0.117. The molecule has 0 saturated carbocycles. The van der Waals surface area contributed by atoms with Crippen molar-refractivity contribution in [3.05, 3.63) is 16.7 Å². The first-order valence-electron chi connectivity index (χ1n) is 6.93. The highest BCUT2D eigenvalue weighted by molar-refractivity contribution is 5.92. The molecule has 0 unspecified atom stereocenters. The zero-order valence-electron chi connectivity index (χ0n) is 13.4. The molecule has 14 N–H and O–H groups in total. The lowest BCUT2D eigenvalue weighted by Crippen LogP contribution is -2.10. The van der Waals surface area contributed by atoms with Gasteiger partial charge in [0.25, 0.3) is 0 Å². The van der Waals surface area contributed by atoms with E-state index in [-0.39, 0.29) is 28.6 Å². The number of rotatable bonds is 2. The Hall–Kier alpha value is -3.16. The maximum atomic E-state index is 6.10. The van der Waals surface area contributed by atoms with E-state index in [2.05, 4.69) is 0 Å². The molecule has 0 fully saturated rings. The monoisotopic (exact) mass is 317 g/mol. The van der Waals surface area contributed by atoms with E-state index < -0.39 is 0 Å². The molecule has 0 atom stereocenters. The van der Waals surface area contributed by atoms with Crippen LogP contribution in [0.3, 0.4) is 0 Å². The van der Waals surface area contributed by atoms with Crippen LogP contribution in [0.1, 0.15) is 16.7 Å². The molecule has 0 amide bonds. The smallest absolute Gasteiger partial charge is 0.177 e. The maximum Gasteiger partial charge on any atom is 0.177 e. The molecule has 0 heterocycles. The number of ether oxygens (including phenoxy) is 1. The van der Waals surface area contributed by atoms with Crippen molar-refractivity contribution in [1.29, 1.82) is 0 Å². The zero-order valence-corrected chi connectivity index (χ0v) is 13.4. The summed E-state index contributed by atoms with van der Waals surface area (Å²) in [6, 6.07) is 0. The van der Waals surface area contributed by atoms with Crippen LogP contribution in [0.5, 0.6) is 11.5 Å². The highest BCUT2D eigenvalue weighted by Gasteiger charge is 2.22. The quantitative estimate of drug-likeness (QED) is 0.405. The van der Waals surface area contributed by atoms with Crippen LogP contribution in [0, 0.1) is 20.8 Å². The molecule has 0 saturated heterocycles. The third-order valence-corrected chi connectivity index (χ3v) is 4.23. The van der Waals surface area contributed by atoms with E-state index in [1.807, 2.05) is 13.8 Å². The van der Waals surface area contributed by atoms with Gasteiger partial charge in [-0.15, -0.1) is 0 Å². The minimum absolute atomic E-state index is 0.117. The largest absolute Gasteiger partial charge is 0.448 e. The van der Waals surface area contributed by atoms with Crippen LogP contribution >= 0.6 is 0 Å². The second kappa shape index (κ2) is 5.24. The summed E-state index contributed by atoms with van der Waals surface area (Å²) >= 11 is 0. The van der Waals surface area contributed by atoms with Crippen molar-refractivity contribution < 1.29 is 4.74 Å². The van der Waals surface area contributed by atoms with E-state index in [0.717, 1.165) is 11.1 Å². The molecule has 124 valence electrons. The molecular weight excluding hydrogens is 294 g/mol. The summed E-state index contributed by atoms with van der Waals surface area (Å²) in [7, 11) is 0. The molecular formula is C15H23N7O. The summed E-state index contributed by atoms with van der Waals surface area (Å²) in [4.78, 5) is 0. The van der Waals surface area contributed by atoms with Crippen molar-refractivity contribution in [2.24, 2.45) is 0 Å². The van der Waals surface area contributed by atoms with Crippen LogP contribution in [-0.4, -0.2) is 0 Å². The van der Waals surface area contributed by atoms with Crippen LogP contribution in [0.15, 0.2) is 0 Å². The van der Waals surface area contributed by atoms with E-state index in [0.29, 0.717) is 28.3 Å². The molecule has 2 rings (SSSR count). The molecule has 23 heavy (non-hydrogen) atoms. The summed E-state index contributed by atoms with van der Waals surface area (Å²) in [5.41, 5.74) is 46.0. The summed E-state index contributed by atoms with van der Waals surface area (Å²) < 4.78 is 5.79. The Morgan fingerprint density at radius 2 is 0.739 bits per heavy atom. The van der Waals surface area contributed by atoms with Crippen LogP contribution in [0.2, 0.25) is 0 Å². The fraction of sp³-hybridized carbons (Fsp3) is 0.200. The van der Waals surface area contributed by atoms with Crippen molar-refractivity contribution in [1.82, 2.24) is 0 Å². The molecule has 0 aliphatic rings. The lowest BCUT2D eigenvalue weighted by Gasteiger charge is -2.21. The van der Waals surface area contributed by atoms with Crippen LogP contribution < -0.4 is 44.9 Å². The maximum absolute atomic E-state index is 6.10. The number of hydrogen-bond donors (Lipinski definition) is 7. The van der Waals surface area contributed by atoms with Gasteiger partial charge in [0, 0.05) is 0 Å². The Morgan fingerprint density at radius 1 is 0.435 bits per heavy atom. The third-order valence-electron chi connectivity index (χ3n) is 4.23. The van der Waals surface area contributed by atoms with Gasteiger partial charge >= 0.3 is 0 Å². The Morgan fingerprint density at radius 3 is 1.17 bits per heavy atom. The predicted octanol–water partition coefficient (Wildman–Crippen LogP) is 1.48. The number of hydrogen-bond acceptors (Lipinski definition) is 8. The first-order valence-corrected chi connectivity index (χ1v) is 6.93. The zero-order chi connectivity index (χ0) is 17.6. The molecule has 8 nitrogen and oxygen atoms in total. The van der Waals surface area contributed by atoms with Crippen LogP contribution in [0.25, 0.3) is 0 Å². The van der Waals surface area contributed by atoms with Crippen molar-refractivity contribution in [2.75, 3.05) is 40.1 Å². The second-order valence-electron chi connectivity index (χ2n) is 5.53. The summed E-state index contributed by atoms with van der Waals surface area (Å²) in [5, 5.41) is 0. The van der Waals surface area contributed by atoms with Crippen molar-refractivity contribution >= 4 is 39.8 Å². The van der Waals surface area contributed by atoms with Gasteiger partial charge in [-0.05, 0) is 37.5 Å². The van der Waals surface area contributed by atoms with Gasteiger partial charge in [-0.25, -0.2) is 0 Å². The molecule has 2 aromatic carbocycles. The van der Waals surface area contributed by atoms with Crippen molar-refractivity contribution in [3.63, 3.8) is 0 Å². The molecule has 0 bridgehead atoms. The van der Waals surface area contributed by atoms with Gasteiger partial charge in [-0.1, -0.05) is 0 Å². The molecule has 0 aliphatic carbocycles.